The number of carbonyl (C=O) groups is 2. The van der Waals surface area contributed by atoms with Crippen LogP contribution in [0, 0.1) is 5.41 Å². The SMILES string of the molecule is CC1(C)CC(C(=O)O)OC1=O. The quantitative estimate of drug-likeness (QED) is 0.561. The standard InChI is InChI=1S/C7H10O4/c1-7(2)3-4(5(8)9)11-6(7)10/h4H,3H2,1-2H3,(H,8,9). The van der Waals surface area contributed by atoms with Crippen LogP contribution in [0.3, 0.4) is 0 Å². The van der Waals surface area contributed by atoms with Gasteiger partial charge in [0.1, 0.15) is 0 Å². The number of hydrogen-bond donors (Lipinski definition) is 1. The van der Waals surface area contributed by atoms with Gasteiger partial charge in [-0.3, -0.25) is 4.79 Å². The summed E-state index contributed by atoms with van der Waals surface area (Å²) in [4.78, 5) is 21.3. The molecule has 1 rings (SSSR count). The molecule has 0 aromatic carbocycles. The highest BCUT2D eigenvalue weighted by atomic mass is 16.6. The third-order valence-corrected chi connectivity index (χ3v) is 1.77. The van der Waals surface area contributed by atoms with Crippen LogP contribution < -0.4 is 0 Å². The van der Waals surface area contributed by atoms with Crippen molar-refractivity contribution >= 4 is 11.9 Å². The van der Waals surface area contributed by atoms with Crippen LogP contribution in [0.2, 0.25) is 0 Å². The molecule has 4 nitrogen and oxygen atoms in total. The zero-order chi connectivity index (χ0) is 8.65. The number of ether oxygens (including phenoxy) is 1. The predicted octanol–water partition coefficient (Wildman–Crippen LogP) is 0.413. The lowest BCUT2D eigenvalue weighted by atomic mass is 9.90. The van der Waals surface area contributed by atoms with Gasteiger partial charge in [-0.1, -0.05) is 0 Å². The summed E-state index contributed by atoms with van der Waals surface area (Å²) in [5.74, 6) is -1.49. The Morgan fingerprint density at radius 3 is 2.45 bits per heavy atom. The summed E-state index contributed by atoms with van der Waals surface area (Å²) in [5.41, 5.74) is -0.636. The molecule has 0 radical (unpaired) electrons. The fraction of sp³-hybridized carbons (Fsp3) is 0.714. The van der Waals surface area contributed by atoms with Gasteiger partial charge in [-0.05, 0) is 13.8 Å². The summed E-state index contributed by atoms with van der Waals surface area (Å²) in [7, 11) is 0. The molecule has 0 spiro atoms. The minimum absolute atomic E-state index is 0.265. The van der Waals surface area contributed by atoms with Crippen LogP contribution in [0.25, 0.3) is 0 Å². The van der Waals surface area contributed by atoms with Crippen LogP contribution in [-0.2, 0) is 14.3 Å². The molecule has 4 heteroatoms. The number of carboxylic acids is 1. The van der Waals surface area contributed by atoms with E-state index in [1.54, 1.807) is 13.8 Å². The minimum Gasteiger partial charge on any atom is -0.479 e. The molecule has 0 amide bonds. The van der Waals surface area contributed by atoms with Crippen LogP contribution in [0.15, 0.2) is 0 Å². The highest BCUT2D eigenvalue weighted by Crippen LogP contribution is 2.32. The maximum absolute atomic E-state index is 10.9. The zero-order valence-corrected chi connectivity index (χ0v) is 6.46. The van der Waals surface area contributed by atoms with Gasteiger partial charge in [0, 0.05) is 6.42 Å². The molecular weight excluding hydrogens is 148 g/mol. The summed E-state index contributed by atoms with van der Waals surface area (Å²) < 4.78 is 4.60. The van der Waals surface area contributed by atoms with Gasteiger partial charge in [-0.25, -0.2) is 4.79 Å². The van der Waals surface area contributed by atoms with Crippen molar-refractivity contribution in [1.82, 2.24) is 0 Å². The zero-order valence-electron chi connectivity index (χ0n) is 6.46. The molecule has 1 aliphatic heterocycles. The molecule has 1 N–H and O–H groups in total. The van der Waals surface area contributed by atoms with Crippen molar-refractivity contribution in [3.05, 3.63) is 0 Å². The molecule has 1 fully saturated rings. The number of cyclic esters (lactones) is 1. The Morgan fingerprint density at radius 1 is 1.73 bits per heavy atom. The first-order chi connectivity index (χ1) is 4.93. The Bertz CT molecular complexity index is 206. The van der Waals surface area contributed by atoms with E-state index in [2.05, 4.69) is 4.74 Å². The van der Waals surface area contributed by atoms with E-state index in [1.165, 1.54) is 0 Å². The fourth-order valence-corrected chi connectivity index (χ4v) is 1.01. The third kappa shape index (κ3) is 1.34. The Balaban J connectivity index is 2.72. The van der Waals surface area contributed by atoms with Crippen molar-refractivity contribution in [2.75, 3.05) is 0 Å². The largest absolute Gasteiger partial charge is 0.479 e. The molecule has 62 valence electrons. The maximum Gasteiger partial charge on any atom is 0.345 e. The highest BCUT2D eigenvalue weighted by molar-refractivity contribution is 5.85. The van der Waals surface area contributed by atoms with Crippen molar-refractivity contribution in [2.24, 2.45) is 5.41 Å². The lowest BCUT2D eigenvalue weighted by molar-refractivity contribution is -0.158. The molecular formula is C7H10O4. The van der Waals surface area contributed by atoms with E-state index in [0.717, 1.165) is 0 Å². The van der Waals surface area contributed by atoms with Gasteiger partial charge >= 0.3 is 11.9 Å². The van der Waals surface area contributed by atoms with Crippen molar-refractivity contribution in [3.63, 3.8) is 0 Å². The first kappa shape index (κ1) is 8.04. The highest BCUT2D eigenvalue weighted by Gasteiger charge is 2.44. The predicted molar refractivity (Wildman–Crippen MR) is 35.9 cm³/mol. The van der Waals surface area contributed by atoms with Gasteiger partial charge in [0.25, 0.3) is 0 Å². The number of carbonyl (C=O) groups excluding carboxylic acids is 1. The maximum atomic E-state index is 10.9. The average molecular weight is 158 g/mol. The topological polar surface area (TPSA) is 63.6 Å². The van der Waals surface area contributed by atoms with Gasteiger partial charge in [-0.2, -0.15) is 0 Å². The van der Waals surface area contributed by atoms with E-state index in [0.29, 0.717) is 0 Å². The van der Waals surface area contributed by atoms with Crippen molar-refractivity contribution in [2.45, 2.75) is 26.4 Å². The van der Waals surface area contributed by atoms with E-state index in [9.17, 15) is 9.59 Å². The number of hydrogen-bond acceptors (Lipinski definition) is 3. The second-order valence-electron chi connectivity index (χ2n) is 3.32. The Morgan fingerprint density at radius 2 is 2.27 bits per heavy atom. The van der Waals surface area contributed by atoms with E-state index in [4.69, 9.17) is 5.11 Å². The number of rotatable bonds is 1. The summed E-state index contributed by atoms with van der Waals surface area (Å²) in [6.45, 7) is 3.36. The van der Waals surface area contributed by atoms with Gasteiger partial charge in [0.15, 0.2) is 6.10 Å². The number of carboxylic acid groups (broad SMARTS) is 1. The van der Waals surface area contributed by atoms with Crippen molar-refractivity contribution in [1.29, 1.82) is 0 Å². The molecule has 1 atom stereocenters. The molecule has 0 aromatic heterocycles. The molecule has 0 bridgehead atoms. The molecule has 0 aromatic rings. The van der Waals surface area contributed by atoms with Crippen LogP contribution in [-0.4, -0.2) is 23.1 Å². The second kappa shape index (κ2) is 2.22. The Hall–Kier alpha value is -1.06. The van der Waals surface area contributed by atoms with Gasteiger partial charge < -0.3 is 9.84 Å². The van der Waals surface area contributed by atoms with E-state index in [-0.39, 0.29) is 6.42 Å². The van der Waals surface area contributed by atoms with Gasteiger partial charge in [0.2, 0.25) is 0 Å². The summed E-state index contributed by atoms with van der Waals surface area (Å²) >= 11 is 0. The molecule has 1 unspecified atom stereocenters. The second-order valence-corrected chi connectivity index (χ2v) is 3.32. The van der Waals surface area contributed by atoms with Crippen LogP contribution in [0.4, 0.5) is 0 Å². The van der Waals surface area contributed by atoms with Crippen LogP contribution in [0.1, 0.15) is 20.3 Å². The summed E-state index contributed by atoms with van der Waals surface area (Å²) in [6, 6.07) is 0. The molecule has 0 aliphatic carbocycles. The van der Waals surface area contributed by atoms with Crippen LogP contribution >= 0.6 is 0 Å². The minimum atomic E-state index is -1.07. The number of aliphatic carboxylic acids is 1. The first-order valence-corrected chi connectivity index (χ1v) is 3.37. The molecule has 1 aliphatic rings. The van der Waals surface area contributed by atoms with Crippen molar-refractivity contribution < 1.29 is 19.4 Å². The summed E-state index contributed by atoms with van der Waals surface area (Å²) in [5, 5.41) is 8.49. The molecule has 11 heavy (non-hydrogen) atoms. The molecule has 1 heterocycles. The van der Waals surface area contributed by atoms with Crippen LogP contribution in [0.5, 0.6) is 0 Å². The average Bonchev–Trinajstić information content (AvgIpc) is 2.08. The van der Waals surface area contributed by atoms with Gasteiger partial charge in [-0.15, -0.1) is 0 Å². The third-order valence-electron chi connectivity index (χ3n) is 1.77. The Labute approximate surface area is 64.2 Å². The Kier molecular flexibility index (Phi) is 1.62. The number of esters is 1. The lowest BCUT2D eigenvalue weighted by Crippen LogP contribution is -2.19. The van der Waals surface area contributed by atoms with E-state index in [1.807, 2.05) is 0 Å². The fourth-order valence-electron chi connectivity index (χ4n) is 1.01. The molecule has 1 saturated heterocycles. The normalized spacial score (nSPS) is 28.2. The summed E-state index contributed by atoms with van der Waals surface area (Å²) in [6.07, 6.45) is -0.682. The monoisotopic (exact) mass is 158 g/mol. The lowest BCUT2D eigenvalue weighted by Gasteiger charge is -2.08. The smallest absolute Gasteiger partial charge is 0.345 e. The first-order valence-electron chi connectivity index (χ1n) is 3.37. The molecule has 0 saturated carbocycles. The van der Waals surface area contributed by atoms with E-state index < -0.39 is 23.5 Å². The van der Waals surface area contributed by atoms with E-state index >= 15 is 0 Å². The van der Waals surface area contributed by atoms with Crippen molar-refractivity contribution in [3.8, 4) is 0 Å². The van der Waals surface area contributed by atoms with Gasteiger partial charge in [0.05, 0.1) is 5.41 Å².